The van der Waals surface area contributed by atoms with E-state index in [9.17, 15) is 18.0 Å². The van der Waals surface area contributed by atoms with Gasteiger partial charge in [0, 0.05) is 13.1 Å². The lowest BCUT2D eigenvalue weighted by molar-refractivity contribution is -0.146. The summed E-state index contributed by atoms with van der Waals surface area (Å²) >= 11 is 0. The van der Waals surface area contributed by atoms with Gasteiger partial charge >= 0.3 is 5.97 Å². The molecular weight excluding hydrogens is 272 g/mol. The van der Waals surface area contributed by atoms with E-state index in [1.54, 1.807) is 6.92 Å². The Labute approximate surface area is 113 Å². The van der Waals surface area contributed by atoms with Gasteiger partial charge in [0.2, 0.25) is 15.9 Å². The molecule has 1 amide bonds. The van der Waals surface area contributed by atoms with Crippen molar-refractivity contribution in [3.63, 3.8) is 0 Å². The van der Waals surface area contributed by atoms with Crippen LogP contribution in [0.2, 0.25) is 0 Å². The maximum absolute atomic E-state index is 12.3. The zero-order valence-electron chi connectivity index (χ0n) is 11.2. The molecule has 1 aliphatic heterocycles. The molecule has 1 atom stereocenters. The van der Waals surface area contributed by atoms with Gasteiger partial charge in [-0.25, -0.2) is 8.42 Å². The van der Waals surface area contributed by atoms with Gasteiger partial charge in [0.15, 0.2) is 0 Å². The Morgan fingerprint density at radius 3 is 2.47 bits per heavy atom. The second-order valence-corrected chi connectivity index (χ2v) is 6.57. The molecular formula is C11H20N2O5S. The number of carboxylic acids is 1. The highest BCUT2D eigenvalue weighted by atomic mass is 32.2. The van der Waals surface area contributed by atoms with Crippen molar-refractivity contribution in [2.24, 2.45) is 0 Å². The van der Waals surface area contributed by atoms with Crippen molar-refractivity contribution >= 4 is 21.9 Å². The first-order valence-corrected chi connectivity index (χ1v) is 8.09. The number of hydrogen-bond donors (Lipinski definition) is 1. The zero-order valence-corrected chi connectivity index (χ0v) is 12.0. The minimum Gasteiger partial charge on any atom is -0.480 e. The molecule has 110 valence electrons. The molecule has 1 aliphatic rings. The molecule has 1 rings (SSSR count). The predicted octanol–water partition coefficient (Wildman–Crippen LogP) is -0.266. The maximum Gasteiger partial charge on any atom is 0.323 e. The molecule has 0 unspecified atom stereocenters. The van der Waals surface area contributed by atoms with Crippen LogP contribution in [0, 0.1) is 0 Å². The molecule has 0 aromatic heterocycles. The Morgan fingerprint density at radius 2 is 2.00 bits per heavy atom. The standard InChI is InChI=1S/C11H20N2O5S/c1-3-12(8-10(14)15)11(16)9-6-4-5-7-13(9)19(2,17)18/h9H,3-8H2,1-2H3,(H,14,15)/t9-/m0/s1. The van der Waals surface area contributed by atoms with Crippen LogP contribution in [0.3, 0.4) is 0 Å². The minimum atomic E-state index is -3.45. The Bertz CT molecular complexity index is 448. The molecule has 1 N–H and O–H groups in total. The Morgan fingerprint density at radius 1 is 1.37 bits per heavy atom. The van der Waals surface area contributed by atoms with Crippen molar-refractivity contribution in [3.05, 3.63) is 0 Å². The Kier molecular flexibility index (Phi) is 5.30. The monoisotopic (exact) mass is 292 g/mol. The van der Waals surface area contributed by atoms with Crippen molar-refractivity contribution in [2.45, 2.75) is 32.2 Å². The molecule has 0 radical (unpaired) electrons. The lowest BCUT2D eigenvalue weighted by Gasteiger charge is -2.35. The van der Waals surface area contributed by atoms with E-state index < -0.39 is 34.5 Å². The van der Waals surface area contributed by atoms with Crippen LogP contribution >= 0.6 is 0 Å². The third-order valence-corrected chi connectivity index (χ3v) is 4.47. The molecule has 1 fully saturated rings. The van der Waals surface area contributed by atoms with Crippen molar-refractivity contribution in [3.8, 4) is 0 Å². The number of sulfonamides is 1. The van der Waals surface area contributed by atoms with Crippen LogP contribution in [0.4, 0.5) is 0 Å². The normalized spacial score (nSPS) is 21.1. The van der Waals surface area contributed by atoms with Gasteiger partial charge in [-0.15, -0.1) is 0 Å². The van der Waals surface area contributed by atoms with Crippen LogP contribution in [-0.4, -0.2) is 66.5 Å². The lowest BCUT2D eigenvalue weighted by atomic mass is 10.0. The summed E-state index contributed by atoms with van der Waals surface area (Å²) in [5.41, 5.74) is 0. The zero-order chi connectivity index (χ0) is 14.6. The van der Waals surface area contributed by atoms with Crippen LogP contribution in [0.5, 0.6) is 0 Å². The second kappa shape index (κ2) is 6.33. The average molecular weight is 292 g/mol. The molecule has 8 heteroatoms. The van der Waals surface area contributed by atoms with Gasteiger partial charge in [-0.2, -0.15) is 4.31 Å². The van der Waals surface area contributed by atoms with Crippen LogP contribution in [0.25, 0.3) is 0 Å². The number of carbonyl (C=O) groups is 2. The van der Waals surface area contributed by atoms with Gasteiger partial charge in [0.05, 0.1) is 6.26 Å². The van der Waals surface area contributed by atoms with Crippen LogP contribution < -0.4 is 0 Å². The van der Waals surface area contributed by atoms with Crippen molar-refractivity contribution in [2.75, 3.05) is 25.9 Å². The number of carboxylic acid groups (broad SMARTS) is 1. The molecule has 0 aliphatic carbocycles. The highest BCUT2D eigenvalue weighted by molar-refractivity contribution is 7.88. The van der Waals surface area contributed by atoms with Crippen LogP contribution in [0.1, 0.15) is 26.2 Å². The van der Waals surface area contributed by atoms with Crippen molar-refractivity contribution in [1.82, 2.24) is 9.21 Å². The van der Waals surface area contributed by atoms with Gasteiger partial charge in [0.25, 0.3) is 0 Å². The van der Waals surface area contributed by atoms with Gasteiger partial charge in [-0.1, -0.05) is 6.42 Å². The van der Waals surface area contributed by atoms with Crippen LogP contribution in [-0.2, 0) is 19.6 Å². The van der Waals surface area contributed by atoms with Gasteiger partial charge < -0.3 is 10.0 Å². The molecule has 0 spiro atoms. The van der Waals surface area contributed by atoms with E-state index in [4.69, 9.17) is 5.11 Å². The molecule has 0 aromatic rings. The molecule has 0 aromatic carbocycles. The molecule has 1 heterocycles. The highest BCUT2D eigenvalue weighted by Crippen LogP contribution is 2.21. The van der Waals surface area contributed by atoms with E-state index in [0.29, 0.717) is 13.0 Å². The van der Waals surface area contributed by atoms with E-state index in [0.717, 1.165) is 19.1 Å². The second-order valence-electron chi connectivity index (χ2n) is 4.63. The summed E-state index contributed by atoms with van der Waals surface area (Å²) in [6.07, 6.45) is 3.02. The first-order valence-electron chi connectivity index (χ1n) is 6.24. The summed E-state index contributed by atoms with van der Waals surface area (Å²) in [4.78, 5) is 24.2. The quantitative estimate of drug-likeness (QED) is 0.753. The fourth-order valence-electron chi connectivity index (χ4n) is 2.27. The number of hydrogen-bond acceptors (Lipinski definition) is 4. The minimum absolute atomic E-state index is 0.249. The van der Waals surface area contributed by atoms with Crippen LogP contribution in [0.15, 0.2) is 0 Å². The molecule has 7 nitrogen and oxygen atoms in total. The van der Waals surface area contributed by atoms with Gasteiger partial charge in [-0.05, 0) is 19.8 Å². The number of aliphatic carboxylic acids is 1. The number of piperidine rings is 1. The van der Waals surface area contributed by atoms with E-state index in [2.05, 4.69) is 0 Å². The van der Waals surface area contributed by atoms with Gasteiger partial charge in [0.1, 0.15) is 12.6 Å². The fourth-order valence-corrected chi connectivity index (χ4v) is 3.39. The molecule has 0 bridgehead atoms. The van der Waals surface area contributed by atoms with E-state index >= 15 is 0 Å². The molecule has 19 heavy (non-hydrogen) atoms. The maximum atomic E-state index is 12.3. The summed E-state index contributed by atoms with van der Waals surface area (Å²) in [6.45, 7) is 1.84. The van der Waals surface area contributed by atoms with E-state index in [1.807, 2.05) is 0 Å². The van der Waals surface area contributed by atoms with Crippen molar-refractivity contribution < 1.29 is 23.1 Å². The largest absolute Gasteiger partial charge is 0.480 e. The third kappa shape index (κ3) is 4.17. The predicted molar refractivity (Wildman–Crippen MR) is 69.1 cm³/mol. The molecule has 0 saturated carbocycles. The Balaban J connectivity index is 2.90. The SMILES string of the molecule is CCN(CC(=O)O)C(=O)[C@@H]1CCCCN1S(C)(=O)=O. The summed E-state index contributed by atoms with van der Waals surface area (Å²) in [5, 5.41) is 8.76. The van der Waals surface area contributed by atoms with Gasteiger partial charge in [-0.3, -0.25) is 9.59 Å². The smallest absolute Gasteiger partial charge is 0.323 e. The summed E-state index contributed by atoms with van der Waals surface area (Å²) in [6, 6.07) is -0.761. The topological polar surface area (TPSA) is 95.0 Å². The molecule has 1 saturated heterocycles. The number of likely N-dealkylation sites (N-methyl/N-ethyl adjacent to an activating group) is 1. The number of amides is 1. The van der Waals surface area contributed by atoms with E-state index in [-0.39, 0.29) is 6.54 Å². The van der Waals surface area contributed by atoms with E-state index in [1.165, 1.54) is 9.21 Å². The number of carbonyl (C=O) groups excluding carboxylic acids is 1. The lowest BCUT2D eigenvalue weighted by Crippen LogP contribution is -2.53. The summed E-state index contributed by atoms with van der Waals surface area (Å²) in [5.74, 6) is -1.52. The highest BCUT2D eigenvalue weighted by Gasteiger charge is 2.36. The number of nitrogens with zero attached hydrogens (tertiary/aromatic N) is 2. The Hall–Kier alpha value is -1.15. The third-order valence-electron chi connectivity index (χ3n) is 3.18. The first kappa shape index (κ1) is 15.9. The summed E-state index contributed by atoms with van der Waals surface area (Å²) in [7, 11) is -3.45. The number of rotatable bonds is 5. The first-order chi connectivity index (χ1) is 8.77. The summed E-state index contributed by atoms with van der Waals surface area (Å²) < 4.78 is 24.5. The fraction of sp³-hybridized carbons (Fsp3) is 0.818. The average Bonchev–Trinajstić information content (AvgIpc) is 2.34. The van der Waals surface area contributed by atoms with Crippen molar-refractivity contribution in [1.29, 1.82) is 0 Å².